The Bertz CT molecular complexity index is 1190. The monoisotopic (exact) mass is 445 g/mol. The summed E-state index contributed by atoms with van der Waals surface area (Å²) in [4.78, 5) is 0.503. The van der Waals surface area contributed by atoms with E-state index in [1.807, 2.05) is 31.2 Å². The van der Waals surface area contributed by atoms with E-state index < -0.39 is 10.0 Å². The number of hydrogen-bond acceptors (Lipinski definition) is 2. The number of benzene rings is 2. The zero-order chi connectivity index (χ0) is 21.5. The average molecular weight is 446 g/mol. The maximum absolute atomic E-state index is 14.5. The number of sulfonamides is 1. The van der Waals surface area contributed by atoms with Crippen LogP contribution in [0.25, 0.3) is 0 Å². The minimum Gasteiger partial charge on any atom is -0.207 e. The van der Waals surface area contributed by atoms with Crippen molar-refractivity contribution in [3.05, 3.63) is 65.2 Å². The molecule has 2 spiro atoms. The van der Waals surface area contributed by atoms with Crippen LogP contribution in [-0.4, -0.2) is 23.8 Å². The van der Waals surface area contributed by atoms with Crippen LogP contribution in [0.1, 0.15) is 73.5 Å². The van der Waals surface area contributed by atoms with Crippen LogP contribution in [0.15, 0.2) is 53.4 Å². The Hall–Kier alpha value is -1.65. The molecule has 2 unspecified atom stereocenters. The number of hydrogen-bond donors (Lipinski definition) is 0. The molecule has 6 aliphatic carbocycles. The molecular weight excluding hydrogens is 414 g/mol. The van der Waals surface area contributed by atoms with Crippen molar-refractivity contribution in [1.29, 1.82) is 0 Å². The third-order valence-corrected chi connectivity index (χ3v) is 12.7. The molecule has 7 aliphatic rings. The van der Waals surface area contributed by atoms with Gasteiger partial charge in [-0.1, -0.05) is 42.0 Å². The summed E-state index contributed by atoms with van der Waals surface area (Å²) in [6.07, 6.45) is 8.71. The van der Waals surface area contributed by atoms with E-state index in [1.165, 1.54) is 43.2 Å². The second-order valence-electron chi connectivity index (χ2n) is 11.8. The lowest BCUT2D eigenvalue weighted by molar-refractivity contribution is -0.0327. The normalized spacial score (nSPS) is 46.8. The molecule has 0 amide bonds. The van der Waals surface area contributed by atoms with Gasteiger partial charge in [0, 0.05) is 11.8 Å². The minimum absolute atomic E-state index is 0.144. The van der Waals surface area contributed by atoms with Crippen LogP contribution < -0.4 is 0 Å². The van der Waals surface area contributed by atoms with Crippen LogP contribution in [0, 0.1) is 30.6 Å². The van der Waals surface area contributed by atoms with Crippen molar-refractivity contribution in [1.82, 2.24) is 4.31 Å². The molecule has 1 heterocycles. The summed E-state index contributed by atoms with van der Waals surface area (Å²) in [6, 6.07) is 16.6. The molecule has 9 rings (SSSR count). The van der Waals surface area contributed by atoms with Gasteiger partial charge < -0.3 is 0 Å². The van der Waals surface area contributed by atoms with Gasteiger partial charge in [-0.15, -0.1) is 0 Å². The van der Waals surface area contributed by atoms with Gasteiger partial charge in [0.05, 0.1) is 16.0 Å². The van der Waals surface area contributed by atoms with Gasteiger partial charge in [-0.05, 0) is 98.8 Å². The van der Waals surface area contributed by atoms with E-state index >= 15 is 0 Å². The summed E-state index contributed by atoms with van der Waals surface area (Å²) < 4.78 is 31.1. The predicted octanol–water partition coefficient (Wildman–Crippen LogP) is 5.61. The maximum atomic E-state index is 14.5. The Morgan fingerprint density at radius 2 is 1.28 bits per heavy atom. The third-order valence-electron chi connectivity index (χ3n) is 10.8. The van der Waals surface area contributed by atoms with Crippen molar-refractivity contribution < 1.29 is 8.42 Å². The summed E-state index contributed by atoms with van der Waals surface area (Å²) in [6.45, 7) is 2.03. The number of rotatable bonds is 2. The fraction of sp³-hybridized carbons (Fsp3) is 0.571. The van der Waals surface area contributed by atoms with Crippen LogP contribution in [-0.2, 0) is 10.0 Å². The predicted molar refractivity (Wildman–Crippen MR) is 124 cm³/mol. The summed E-state index contributed by atoms with van der Waals surface area (Å²) in [5.41, 5.74) is 3.68. The first-order valence-corrected chi connectivity index (χ1v) is 14.1. The van der Waals surface area contributed by atoms with Crippen molar-refractivity contribution in [3.63, 3.8) is 0 Å². The third kappa shape index (κ3) is 1.84. The molecule has 0 N–H and O–H groups in total. The lowest BCUT2D eigenvalue weighted by Gasteiger charge is -2.56. The quantitative estimate of drug-likeness (QED) is 0.564. The molecular formula is C28H31NO2S. The maximum Gasteiger partial charge on any atom is 0.244 e. The van der Waals surface area contributed by atoms with E-state index in [-0.39, 0.29) is 11.1 Å². The average Bonchev–Trinajstić information content (AvgIpc) is 3.12. The zero-order valence-electron chi connectivity index (χ0n) is 18.7. The second kappa shape index (κ2) is 5.70. The van der Waals surface area contributed by atoms with E-state index in [9.17, 15) is 8.42 Å². The van der Waals surface area contributed by atoms with E-state index in [4.69, 9.17) is 0 Å². The van der Waals surface area contributed by atoms with E-state index in [2.05, 4.69) is 28.6 Å². The minimum atomic E-state index is -3.54. The summed E-state index contributed by atoms with van der Waals surface area (Å²) in [7, 11) is -3.54. The topological polar surface area (TPSA) is 37.1 Å². The van der Waals surface area contributed by atoms with E-state index in [0.29, 0.717) is 28.6 Å². The Labute approximate surface area is 191 Å². The number of aryl methyl sites for hydroxylation is 1. The van der Waals surface area contributed by atoms with Gasteiger partial charge in [0.25, 0.3) is 0 Å². The van der Waals surface area contributed by atoms with Gasteiger partial charge in [0.1, 0.15) is 0 Å². The molecule has 2 aromatic rings. The van der Waals surface area contributed by atoms with E-state index in [0.717, 1.165) is 30.2 Å². The van der Waals surface area contributed by atoms with Gasteiger partial charge in [-0.25, -0.2) is 8.42 Å². The molecule has 4 heteroatoms. The Morgan fingerprint density at radius 3 is 1.81 bits per heavy atom. The van der Waals surface area contributed by atoms with Crippen molar-refractivity contribution in [2.45, 2.75) is 79.7 Å². The highest BCUT2D eigenvalue weighted by Gasteiger charge is 2.92. The lowest BCUT2D eigenvalue weighted by Crippen LogP contribution is -2.55. The number of nitrogens with zero attached hydrogens (tertiary/aromatic N) is 1. The highest BCUT2D eigenvalue weighted by molar-refractivity contribution is 7.89. The largest absolute Gasteiger partial charge is 0.244 e. The van der Waals surface area contributed by atoms with Crippen LogP contribution >= 0.6 is 0 Å². The van der Waals surface area contributed by atoms with Gasteiger partial charge in [-0.2, -0.15) is 4.31 Å². The molecule has 2 aromatic carbocycles. The van der Waals surface area contributed by atoms with Gasteiger partial charge >= 0.3 is 0 Å². The molecule has 3 nitrogen and oxygen atoms in total. The molecule has 0 aromatic heterocycles. The fourth-order valence-electron chi connectivity index (χ4n) is 10.3. The smallest absolute Gasteiger partial charge is 0.207 e. The standard InChI is InChI=1S/C28H31NO2S/c1-17-6-8-22(9-7-17)32(30,31)29-27(20-13-18-12-19(15-20)16-21(27)14-18)28(29)25-10-11-26(28)24-5-3-2-4-23(24)25/h2-9,18-21,25-26H,10-16H2,1H3/t18?,19?,20?,21?,25-,26+,27?,28?,29?. The molecule has 6 fully saturated rings. The Morgan fingerprint density at radius 1 is 0.750 bits per heavy atom. The fourth-order valence-corrected chi connectivity index (χ4v) is 12.6. The summed E-state index contributed by atoms with van der Waals surface area (Å²) >= 11 is 0. The Kier molecular flexibility index (Phi) is 3.34. The molecule has 4 atom stereocenters. The Balaban J connectivity index is 1.37. The molecule has 1 aliphatic heterocycles. The summed E-state index contributed by atoms with van der Waals surface area (Å²) in [5.74, 6) is 3.54. The molecule has 6 bridgehead atoms. The molecule has 5 saturated carbocycles. The lowest BCUT2D eigenvalue weighted by atomic mass is 9.48. The SMILES string of the molecule is Cc1ccc(S(=O)(=O)N2C3(C4CC5CC(C4)CC3C5)C23[C@@H]2CC[C@H]3c3ccccc32)cc1. The van der Waals surface area contributed by atoms with Crippen LogP contribution in [0.4, 0.5) is 0 Å². The second-order valence-corrected chi connectivity index (χ2v) is 13.6. The first-order valence-electron chi connectivity index (χ1n) is 12.7. The van der Waals surface area contributed by atoms with Gasteiger partial charge in [0.2, 0.25) is 10.0 Å². The highest BCUT2D eigenvalue weighted by Crippen LogP contribution is 2.84. The van der Waals surface area contributed by atoms with Gasteiger partial charge in [0.15, 0.2) is 0 Å². The molecule has 1 saturated heterocycles. The van der Waals surface area contributed by atoms with Crippen molar-refractivity contribution >= 4 is 10.0 Å². The van der Waals surface area contributed by atoms with Crippen LogP contribution in [0.2, 0.25) is 0 Å². The van der Waals surface area contributed by atoms with Crippen molar-refractivity contribution in [2.75, 3.05) is 0 Å². The van der Waals surface area contributed by atoms with E-state index in [1.54, 1.807) is 0 Å². The molecule has 166 valence electrons. The first-order chi connectivity index (χ1) is 15.5. The van der Waals surface area contributed by atoms with Gasteiger partial charge in [-0.3, -0.25) is 0 Å². The first kappa shape index (κ1) is 18.7. The van der Waals surface area contributed by atoms with Crippen LogP contribution in [0.5, 0.6) is 0 Å². The van der Waals surface area contributed by atoms with Crippen molar-refractivity contribution in [3.8, 4) is 0 Å². The highest BCUT2D eigenvalue weighted by atomic mass is 32.2. The number of fused-ring (bicyclic) bond motifs is 3. The molecule has 32 heavy (non-hydrogen) atoms. The molecule has 0 radical (unpaired) electrons. The van der Waals surface area contributed by atoms with Crippen molar-refractivity contribution in [2.24, 2.45) is 23.7 Å². The zero-order valence-corrected chi connectivity index (χ0v) is 19.5. The summed E-state index contributed by atoms with van der Waals surface area (Å²) in [5, 5.41) is 0. The van der Waals surface area contributed by atoms with Crippen LogP contribution in [0.3, 0.4) is 0 Å².